The second kappa shape index (κ2) is 11.0. The first kappa shape index (κ1) is 22.8. The van der Waals surface area contributed by atoms with E-state index in [0.717, 1.165) is 30.0 Å². The van der Waals surface area contributed by atoms with Crippen molar-refractivity contribution in [2.45, 2.75) is 26.3 Å². The molecule has 31 heavy (non-hydrogen) atoms. The second-order valence-electron chi connectivity index (χ2n) is 7.77. The maximum Gasteiger partial charge on any atom is 0.244 e. The Kier molecular flexibility index (Phi) is 8.06. The highest BCUT2D eigenvalue weighted by molar-refractivity contribution is 5.84. The third-order valence-electron chi connectivity index (χ3n) is 5.96. The summed E-state index contributed by atoms with van der Waals surface area (Å²) in [5, 5.41) is 0. The molecule has 0 spiro atoms. The van der Waals surface area contributed by atoms with Crippen molar-refractivity contribution >= 4 is 11.8 Å². The molecule has 166 valence electrons. The number of rotatable bonds is 8. The van der Waals surface area contributed by atoms with Crippen LogP contribution >= 0.6 is 0 Å². The second-order valence-corrected chi connectivity index (χ2v) is 7.77. The standard InChI is InChI=1S/C25H33N3O3/c1-4-26(5-2)24(21-11-7-6-8-12-21)25(30)28-16-14-27(15-17-28)23(29)19-20-10-9-13-22(18-20)31-3/h6-13,18,24H,4-5,14-17,19H2,1-3H3. The van der Waals surface area contributed by atoms with Crippen molar-refractivity contribution < 1.29 is 14.3 Å². The van der Waals surface area contributed by atoms with Gasteiger partial charge in [0.2, 0.25) is 11.8 Å². The monoisotopic (exact) mass is 423 g/mol. The minimum atomic E-state index is -0.282. The molecule has 2 amide bonds. The summed E-state index contributed by atoms with van der Waals surface area (Å²) in [4.78, 5) is 32.2. The largest absolute Gasteiger partial charge is 0.497 e. The van der Waals surface area contributed by atoms with Crippen molar-refractivity contribution in [3.63, 3.8) is 0 Å². The van der Waals surface area contributed by atoms with Gasteiger partial charge in [-0.1, -0.05) is 56.3 Å². The number of ether oxygens (including phenoxy) is 1. The number of carbonyl (C=O) groups is 2. The fourth-order valence-electron chi connectivity index (χ4n) is 4.15. The van der Waals surface area contributed by atoms with Gasteiger partial charge in [0.15, 0.2) is 0 Å². The molecule has 3 rings (SSSR count). The summed E-state index contributed by atoms with van der Waals surface area (Å²) in [5.41, 5.74) is 1.96. The summed E-state index contributed by atoms with van der Waals surface area (Å²) in [7, 11) is 1.62. The zero-order chi connectivity index (χ0) is 22.2. The van der Waals surface area contributed by atoms with Crippen LogP contribution in [-0.4, -0.2) is 72.9 Å². The van der Waals surface area contributed by atoms with Crippen molar-refractivity contribution in [1.82, 2.24) is 14.7 Å². The van der Waals surface area contributed by atoms with Crippen molar-refractivity contribution in [3.8, 4) is 5.75 Å². The van der Waals surface area contributed by atoms with E-state index >= 15 is 0 Å². The van der Waals surface area contributed by atoms with Gasteiger partial charge in [-0.2, -0.15) is 0 Å². The molecule has 2 aromatic rings. The van der Waals surface area contributed by atoms with E-state index in [0.29, 0.717) is 32.6 Å². The Hall–Kier alpha value is -2.86. The molecule has 1 aliphatic rings. The molecule has 0 N–H and O–H groups in total. The number of hydrogen-bond donors (Lipinski definition) is 0. The van der Waals surface area contributed by atoms with Crippen molar-refractivity contribution in [2.75, 3.05) is 46.4 Å². The highest BCUT2D eigenvalue weighted by Gasteiger charge is 2.32. The zero-order valence-corrected chi connectivity index (χ0v) is 18.8. The highest BCUT2D eigenvalue weighted by Crippen LogP contribution is 2.24. The number of carbonyl (C=O) groups excluding carboxylic acids is 2. The van der Waals surface area contributed by atoms with Crippen LogP contribution in [0.1, 0.15) is 31.0 Å². The molecule has 6 nitrogen and oxygen atoms in total. The maximum absolute atomic E-state index is 13.5. The normalized spacial score (nSPS) is 15.1. The SMILES string of the molecule is CCN(CC)C(C(=O)N1CCN(C(=O)Cc2cccc(OC)c2)CC1)c1ccccc1. The quantitative estimate of drug-likeness (QED) is 0.655. The van der Waals surface area contributed by atoms with Gasteiger partial charge in [0.1, 0.15) is 11.8 Å². The van der Waals surface area contributed by atoms with E-state index in [1.54, 1.807) is 7.11 Å². The van der Waals surface area contributed by atoms with Gasteiger partial charge in [0, 0.05) is 26.2 Å². The lowest BCUT2D eigenvalue weighted by molar-refractivity contribution is -0.143. The maximum atomic E-state index is 13.5. The number of nitrogens with zero attached hydrogens (tertiary/aromatic N) is 3. The molecule has 1 heterocycles. The van der Waals surface area contributed by atoms with E-state index in [1.165, 1.54) is 0 Å². The Balaban J connectivity index is 1.63. The minimum absolute atomic E-state index is 0.0868. The fourth-order valence-corrected chi connectivity index (χ4v) is 4.15. The molecule has 1 atom stereocenters. The Bertz CT molecular complexity index is 859. The van der Waals surface area contributed by atoms with Gasteiger partial charge in [-0.25, -0.2) is 0 Å². The molecule has 0 aliphatic carbocycles. The summed E-state index contributed by atoms with van der Waals surface area (Å²) in [5.74, 6) is 0.961. The van der Waals surface area contributed by atoms with Crippen LogP contribution in [0.15, 0.2) is 54.6 Å². The van der Waals surface area contributed by atoms with Crippen LogP contribution < -0.4 is 4.74 Å². The average molecular weight is 424 g/mol. The van der Waals surface area contributed by atoms with Gasteiger partial charge in [0.25, 0.3) is 0 Å². The first-order valence-electron chi connectivity index (χ1n) is 11.1. The topological polar surface area (TPSA) is 53.1 Å². The molecule has 1 saturated heterocycles. The minimum Gasteiger partial charge on any atom is -0.497 e. The number of benzene rings is 2. The summed E-state index contributed by atoms with van der Waals surface area (Å²) in [6.07, 6.45) is 0.344. The Morgan fingerprint density at radius 3 is 2.19 bits per heavy atom. The van der Waals surface area contributed by atoms with Gasteiger partial charge in [0.05, 0.1) is 13.5 Å². The van der Waals surface area contributed by atoms with E-state index in [-0.39, 0.29) is 17.9 Å². The lowest BCUT2D eigenvalue weighted by Gasteiger charge is -2.39. The molecular formula is C25H33N3O3. The van der Waals surface area contributed by atoms with Crippen molar-refractivity contribution in [3.05, 3.63) is 65.7 Å². The Morgan fingerprint density at radius 2 is 1.58 bits per heavy atom. The Labute approximate surface area is 185 Å². The van der Waals surface area contributed by atoms with Crippen molar-refractivity contribution in [2.24, 2.45) is 0 Å². The van der Waals surface area contributed by atoms with Gasteiger partial charge in [-0.3, -0.25) is 14.5 Å². The lowest BCUT2D eigenvalue weighted by Crippen LogP contribution is -2.53. The predicted octanol–water partition coefficient (Wildman–Crippen LogP) is 2.99. The van der Waals surface area contributed by atoms with Gasteiger partial charge in [-0.15, -0.1) is 0 Å². The van der Waals surface area contributed by atoms with Crippen LogP contribution in [0.5, 0.6) is 5.75 Å². The van der Waals surface area contributed by atoms with Gasteiger partial charge in [-0.05, 0) is 36.3 Å². The first-order chi connectivity index (χ1) is 15.1. The van der Waals surface area contributed by atoms with Gasteiger partial charge >= 0.3 is 0 Å². The molecule has 1 unspecified atom stereocenters. The van der Waals surface area contributed by atoms with E-state index in [4.69, 9.17) is 4.74 Å². The summed E-state index contributed by atoms with van der Waals surface area (Å²) < 4.78 is 5.25. The van der Waals surface area contributed by atoms with Crippen LogP contribution in [0.2, 0.25) is 0 Å². The van der Waals surface area contributed by atoms with Crippen LogP contribution in [0.3, 0.4) is 0 Å². The predicted molar refractivity (Wildman–Crippen MR) is 122 cm³/mol. The van der Waals surface area contributed by atoms with Crippen LogP contribution in [0.25, 0.3) is 0 Å². The number of methoxy groups -OCH3 is 1. The lowest BCUT2D eigenvalue weighted by atomic mass is 10.0. The fraction of sp³-hybridized carbons (Fsp3) is 0.440. The third kappa shape index (κ3) is 5.64. The molecule has 0 saturated carbocycles. The number of hydrogen-bond acceptors (Lipinski definition) is 4. The molecule has 1 fully saturated rings. The van der Waals surface area contributed by atoms with Crippen molar-refractivity contribution in [1.29, 1.82) is 0 Å². The van der Waals surface area contributed by atoms with E-state index in [1.807, 2.05) is 64.4 Å². The number of piperazine rings is 1. The molecule has 0 radical (unpaired) electrons. The van der Waals surface area contributed by atoms with Crippen LogP contribution in [-0.2, 0) is 16.0 Å². The van der Waals surface area contributed by atoms with E-state index in [9.17, 15) is 9.59 Å². The summed E-state index contributed by atoms with van der Waals surface area (Å²) in [6.45, 7) is 8.04. The van der Waals surface area contributed by atoms with E-state index < -0.39 is 0 Å². The number of likely N-dealkylation sites (N-methyl/N-ethyl adjacent to an activating group) is 1. The molecular weight excluding hydrogens is 390 g/mol. The average Bonchev–Trinajstić information content (AvgIpc) is 2.82. The zero-order valence-electron chi connectivity index (χ0n) is 18.8. The molecule has 2 aromatic carbocycles. The van der Waals surface area contributed by atoms with Crippen LogP contribution in [0, 0.1) is 0 Å². The summed E-state index contributed by atoms with van der Waals surface area (Å²) in [6, 6.07) is 17.3. The van der Waals surface area contributed by atoms with Gasteiger partial charge < -0.3 is 14.5 Å². The van der Waals surface area contributed by atoms with E-state index in [2.05, 4.69) is 18.7 Å². The van der Waals surface area contributed by atoms with Crippen LogP contribution in [0.4, 0.5) is 0 Å². The number of amides is 2. The smallest absolute Gasteiger partial charge is 0.244 e. The first-order valence-corrected chi connectivity index (χ1v) is 11.1. The Morgan fingerprint density at radius 1 is 0.935 bits per heavy atom. The molecule has 6 heteroatoms. The molecule has 0 aromatic heterocycles. The third-order valence-corrected chi connectivity index (χ3v) is 5.96. The highest BCUT2D eigenvalue weighted by atomic mass is 16.5. The molecule has 1 aliphatic heterocycles. The molecule has 0 bridgehead atoms. The summed E-state index contributed by atoms with van der Waals surface area (Å²) >= 11 is 0.